The molecule has 5 atom stereocenters. The molecule has 0 radical (unpaired) electrons. The molecule has 14 heteroatoms. The second-order valence-electron chi connectivity index (χ2n) is 14.6. The number of carbonyl (C=O) groups is 3. The van der Waals surface area contributed by atoms with Gasteiger partial charge < -0.3 is 29.4 Å². The molecule has 3 aliphatic rings. The van der Waals surface area contributed by atoms with Gasteiger partial charge in [0.25, 0.3) is 5.91 Å². The lowest BCUT2D eigenvalue weighted by Crippen LogP contribution is -2.58. The first kappa shape index (κ1) is 33.7. The van der Waals surface area contributed by atoms with Gasteiger partial charge in [0, 0.05) is 31.1 Å². The average molecular weight is 660 g/mol. The van der Waals surface area contributed by atoms with E-state index in [1.165, 1.54) is 0 Å². The fourth-order valence-electron chi connectivity index (χ4n) is 5.88. The van der Waals surface area contributed by atoms with E-state index in [0.717, 1.165) is 0 Å². The smallest absolute Gasteiger partial charge is 0.408 e. The maximum absolute atomic E-state index is 14.3. The Balaban J connectivity index is 1.38. The standard InChI is InChI=1S/C32H45N5O8S/c1-8-19-16-32(19,28(39)36-46(41,42)22-9-10-22)34-17-20-15-21(44-26-23-12-14-43-24(23)11-13-33-26)18-37(20)27(38)25(30(2,3)4)35-29(40)45-31(5,6)7/h8,11-14,19-22,25,34H,1,9-10,15-18H2,2-7H3,(H,35,40)(H,36,39)/t19?,20-,21+,25+,32+/m0/s1. The summed E-state index contributed by atoms with van der Waals surface area (Å²) in [6, 6.07) is 2.08. The third-order valence-electron chi connectivity index (χ3n) is 8.61. The first-order valence-corrected chi connectivity index (χ1v) is 17.2. The molecule has 1 saturated heterocycles. The molecule has 13 nitrogen and oxygen atoms in total. The molecule has 1 unspecified atom stereocenters. The zero-order chi connectivity index (χ0) is 33.7. The first-order valence-electron chi connectivity index (χ1n) is 15.7. The van der Waals surface area contributed by atoms with Crippen molar-refractivity contribution in [3.63, 3.8) is 0 Å². The van der Waals surface area contributed by atoms with Crippen molar-refractivity contribution in [1.29, 1.82) is 0 Å². The lowest BCUT2D eigenvalue weighted by Gasteiger charge is -2.36. The maximum Gasteiger partial charge on any atom is 0.408 e. The fraction of sp³-hybridized carbons (Fsp3) is 0.625. The number of aromatic nitrogens is 1. The Morgan fingerprint density at radius 3 is 2.52 bits per heavy atom. The summed E-state index contributed by atoms with van der Waals surface area (Å²) in [4.78, 5) is 46.5. The van der Waals surface area contributed by atoms with E-state index in [2.05, 4.69) is 26.9 Å². The minimum atomic E-state index is -3.76. The summed E-state index contributed by atoms with van der Waals surface area (Å²) in [5.74, 6) is -0.871. The van der Waals surface area contributed by atoms with Gasteiger partial charge in [-0.3, -0.25) is 14.3 Å². The van der Waals surface area contributed by atoms with Gasteiger partial charge >= 0.3 is 6.09 Å². The molecule has 2 aromatic heterocycles. The highest BCUT2D eigenvalue weighted by atomic mass is 32.2. The van der Waals surface area contributed by atoms with Crippen LogP contribution in [0, 0.1) is 11.3 Å². The number of pyridine rings is 1. The number of furan rings is 1. The summed E-state index contributed by atoms with van der Waals surface area (Å²) in [6.45, 7) is 15.0. The van der Waals surface area contributed by atoms with Crippen LogP contribution >= 0.6 is 0 Å². The zero-order valence-electron chi connectivity index (χ0n) is 27.3. The molecular formula is C32H45N5O8S. The van der Waals surface area contributed by atoms with Crippen LogP contribution in [0.5, 0.6) is 5.88 Å². The van der Waals surface area contributed by atoms with Crippen LogP contribution in [0.3, 0.4) is 0 Å². The number of amides is 3. The molecule has 1 aliphatic heterocycles. The van der Waals surface area contributed by atoms with E-state index in [4.69, 9.17) is 13.9 Å². The highest BCUT2D eigenvalue weighted by Crippen LogP contribution is 2.45. The van der Waals surface area contributed by atoms with Crippen molar-refractivity contribution in [2.75, 3.05) is 13.1 Å². The van der Waals surface area contributed by atoms with Crippen LogP contribution in [0.15, 0.2) is 41.7 Å². The summed E-state index contributed by atoms with van der Waals surface area (Å²) >= 11 is 0. The van der Waals surface area contributed by atoms with E-state index in [9.17, 15) is 22.8 Å². The van der Waals surface area contributed by atoms with Crippen LogP contribution in [-0.2, 0) is 24.3 Å². The van der Waals surface area contributed by atoms with Gasteiger partial charge in [-0.25, -0.2) is 18.2 Å². The Morgan fingerprint density at radius 1 is 1.20 bits per heavy atom. The van der Waals surface area contributed by atoms with Crippen molar-refractivity contribution in [2.45, 2.75) is 102 Å². The molecule has 3 N–H and O–H groups in total. The number of sulfonamides is 1. The van der Waals surface area contributed by atoms with Gasteiger partial charge in [0.1, 0.15) is 28.9 Å². The van der Waals surface area contributed by atoms with E-state index in [1.54, 1.807) is 56.3 Å². The second-order valence-corrected chi connectivity index (χ2v) is 16.5. The Labute approximate surface area is 269 Å². The molecular weight excluding hydrogens is 614 g/mol. The molecule has 0 bridgehead atoms. The number of carbonyl (C=O) groups excluding carboxylic acids is 3. The maximum atomic E-state index is 14.3. The van der Waals surface area contributed by atoms with Crippen LogP contribution in [0.1, 0.15) is 67.2 Å². The normalized spacial score (nSPS) is 25.5. The highest BCUT2D eigenvalue weighted by molar-refractivity contribution is 7.91. The summed E-state index contributed by atoms with van der Waals surface area (Å²) in [7, 11) is -3.76. The van der Waals surface area contributed by atoms with Crippen molar-refractivity contribution >= 4 is 38.9 Å². The number of ether oxygens (including phenoxy) is 2. The van der Waals surface area contributed by atoms with Gasteiger partial charge in [0.15, 0.2) is 0 Å². The molecule has 2 aromatic rings. The zero-order valence-corrected chi connectivity index (χ0v) is 28.1. The highest BCUT2D eigenvalue weighted by Gasteiger charge is 2.60. The van der Waals surface area contributed by atoms with Gasteiger partial charge in [0.2, 0.25) is 21.8 Å². The van der Waals surface area contributed by atoms with Crippen LogP contribution in [0.25, 0.3) is 11.0 Å². The number of nitrogens with one attached hydrogen (secondary N) is 3. The number of alkyl carbamates (subject to hydrolysis) is 1. The number of hydrogen-bond donors (Lipinski definition) is 3. The molecule has 2 saturated carbocycles. The quantitative estimate of drug-likeness (QED) is 0.305. The van der Waals surface area contributed by atoms with Crippen LogP contribution in [0.4, 0.5) is 4.79 Å². The number of hydrogen-bond acceptors (Lipinski definition) is 10. The van der Waals surface area contributed by atoms with Gasteiger partial charge in [-0.05, 0) is 57.6 Å². The summed E-state index contributed by atoms with van der Waals surface area (Å²) in [5, 5.41) is 6.22. The Kier molecular flexibility index (Phi) is 8.92. The van der Waals surface area contributed by atoms with Crippen LogP contribution in [-0.4, -0.2) is 83.9 Å². The summed E-state index contributed by atoms with van der Waals surface area (Å²) < 4.78 is 44.7. The van der Waals surface area contributed by atoms with Crippen LogP contribution in [0.2, 0.25) is 0 Å². The van der Waals surface area contributed by atoms with Crippen LogP contribution < -0.4 is 20.1 Å². The van der Waals surface area contributed by atoms with Crippen molar-refractivity contribution in [1.82, 2.24) is 25.2 Å². The lowest BCUT2D eigenvalue weighted by molar-refractivity contribution is -0.137. The lowest BCUT2D eigenvalue weighted by atomic mass is 9.85. The minimum absolute atomic E-state index is 0.166. The molecule has 252 valence electrons. The number of nitrogens with zero attached hydrogens (tertiary/aromatic N) is 2. The second kappa shape index (κ2) is 12.2. The number of fused-ring (bicyclic) bond motifs is 1. The third-order valence-corrected chi connectivity index (χ3v) is 10.4. The van der Waals surface area contributed by atoms with E-state index < -0.39 is 62.0 Å². The topological polar surface area (TPSA) is 169 Å². The van der Waals surface area contributed by atoms with Gasteiger partial charge in [-0.2, -0.15) is 0 Å². The van der Waals surface area contributed by atoms with E-state index in [-0.39, 0.29) is 24.9 Å². The van der Waals surface area contributed by atoms with Gasteiger partial charge in [0.05, 0.1) is 23.4 Å². The minimum Gasteiger partial charge on any atom is -0.472 e. The average Bonchev–Trinajstić information content (AvgIpc) is 3.84. The van der Waals surface area contributed by atoms with Crippen molar-refractivity contribution in [2.24, 2.45) is 11.3 Å². The van der Waals surface area contributed by atoms with Crippen molar-refractivity contribution in [3.8, 4) is 5.88 Å². The predicted octanol–water partition coefficient (Wildman–Crippen LogP) is 3.26. The van der Waals surface area contributed by atoms with E-state index >= 15 is 0 Å². The molecule has 46 heavy (non-hydrogen) atoms. The summed E-state index contributed by atoms with van der Waals surface area (Å²) in [5.41, 5.74) is -2.00. The van der Waals surface area contributed by atoms with E-state index in [1.807, 2.05) is 20.8 Å². The predicted molar refractivity (Wildman–Crippen MR) is 170 cm³/mol. The third kappa shape index (κ3) is 7.33. The number of likely N-dealkylation sites (tertiary alicyclic amines) is 1. The molecule has 0 spiro atoms. The molecule has 3 amide bonds. The van der Waals surface area contributed by atoms with Gasteiger partial charge in [-0.15, -0.1) is 6.58 Å². The molecule has 3 fully saturated rings. The Bertz CT molecular complexity index is 1610. The Morgan fingerprint density at radius 2 is 1.91 bits per heavy atom. The first-order chi connectivity index (χ1) is 21.4. The van der Waals surface area contributed by atoms with E-state index in [0.29, 0.717) is 42.5 Å². The number of rotatable bonds is 11. The largest absolute Gasteiger partial charge is 0.472 e. The monoisotopic (exact) mass is 659 g/mol. The molecule has 5 rings (SSSR count). The van der Waals surface area contributed by atoms with Gasteiger partial charge in [-0.1, -0.05) is 26.8 Å². The SMILES string of the molecule is C=CC1C[C@]1(NC[C@@H]1C[C@@H](Oc2nccc3occc23)CN1C(=O)[C@@H](NC(=O)OC(C)(C)C)C(C)(C)C)C(=O)NS(=O)(=O)C1CC1. The molecule has 2 aliphatic carbocycles. The van der Waals surface area contributed by atoms with Crippen molar-refractivity contribution in [3.05, 3.63) is 37.2 Å². The summed E-state index contributed by atoms with van der Waals surface area (Å²) in [6.07, 6.45) is 5.40. The van der Waals surface area contributed by atoms with Crippen molar-refractivity contribution < 1.29 is 36.7 Å². The molecule has 3 heterocycles. The molecule has 0 aromatic carbocycles. The Hall–Kier alpha value is -3.65. The fourth-order valence-corrected chi connectivity index (χ4v) is 7.25.